The largest absolute Gasteiger partial charge is 0.342 e. The third-order valence-corrected chi connectivity index (χ3v) is 2.31. The molecule has 5 nitrogen and oxygen atoms in total. The lowest BCUT2D eigenvalue weighted by molar-refractivity contribution is 0.338. The maximum Gasteiger partial charge on any atom is 0.298 e. The van der Waals surface area contributed by atoms with Gasteiger partial charge in [-0.25, -0.2) is 8.42 Å². The molecule has 1 aromatic heterocycles. The summed E-state index contributed by atoms with van der Waals surface area (Å²) in [6.45, 7) is 1.45. The summed E-state index contributed by atoms with van der Waals surface area (Å²) in [4.78, 5) is 0. The van der Waals surface area contributed by atoms with Gasteiger partial charge < -0.3 is 4.52 Å². The highest BCUT2D eigenvalue weighted by atomic mass is 35.7. The summed E-state index contributed by atoms with van der Waals surface area (Å²) in [6, 6.07) is 1.63. The Hall–Kier alpha value is -1.06. The van der Waals surface area contributed by atoms with Crippen molar-refractivity contribution >= 4 is 19.7 Å². The molecule has 64 valence electrons. The topological polar surface area (TPSA) is 84.0 Å². The summed E-state index contributed by atoms with van der Waals surface area (Å²) in [5.74, 6) is 0. The van der Waals surface area contributed by atoms with E-state index in [1.54, 1.807) is 6.07 Å². The normalized spacial score (nSPS) is 11.1. The third kappa shape index (κ3) is 1.42. The molecule has 0 aliphatic carbocycles. The van der Waals surface area contributed by atoms with Crippen LogP contribution in [0.3, 0.4) is 0 Å². The minimum atomic E-state index is -4.00. The fraction of sp³-hybridized carbons (Fsp3) is 0.200. The van der Waals surface area contributed by atoms with Crippen LogP contribution >= 0.6 is 10.7 Å². The molecule has 1 rings (SSSR count). The number of nitrogens with zero attached hydrogens (tertiary/aromatic N) is 2. The third-order valence-electron chi connectivity index (χ3n) is 1.16. The summed E-state index contributed by atoms with van der Waals surface area (Å²) >= 11 is 0. The first-order valence-corrected chi connectivity index (χ1v) is 5.09. The molecule has 0 N–H and O–H groups in total. The lowest BCUT2D eigenvalue weighted by atomic mass is 10.3. The molecular weight excluding hydrogens is 204 g/mol. The van der Waals surface area contributed by atoms with E-state index in [-0.39, 0.29) is 11.3 Å². The molecule has 0 spiro atoms. The zero-order chi connectivity index (χ0) is 9.35. The lowest BCUT2D eigenvalue weighted by Crippen LogP contribution is -1.91. The van der Waals surface area contributed by atoms with Crippen molar-refractivity contribution in [2.24, 2.45) is 0 Å². The first kappa shape index (κ1) is 9.03. The smallest absolute Gasteiger partial charge is 0.298 e. The molecule has 1 aromatic rings. The van der Waals surface area contributed by atoms with Crippen LogP contribution in [-0.2, 0) is 9.05 Å². The van der Waals surface area contributed by atoms with Crippen LogP contribution in [0.1, 0.15) is 11.3 Å². The van der Waals surface area contributed by atoms with Crippen LogP contribution in [-0.4, -0.2) is 13.6 Å². The molecule has 0 aliphatic heterocycles. The van der Waals surface area contributed by atoms with Gasteiger partial charge in [-0.2, -0.15) is 5.26 Å². The van der Waals surface area contributed by atoms with Gasteiger partial charge in [0.05, 0.1) is 5.69 Å². The van der Waals surface area contributed by atoms with Gasteiger partial charge in [0, 0.05) is 10.7 Å². The predicted octanol–water partition coefficient (Wildman–Crippen LogP) is 0.782. The van der Waals surface area contributed by atoms with Crippen molar-refractivity contribution in [2.45, 2.75) is 12.0 Å². The summed E-state index contributed by atoms with van der Waals surface area (Å²) in [7, 11) is 0.939. The second-order valence-electron chi connectivity index (χ2n) is 1.98. The molecule has 0 radical (unpaired) electrons. The Balaban J connectivity index is 3.49. The summed E-state index contributed by atoms with van der Waals surface area (Å²) in [6.07, 6.45) is 0. The molecule has 0 aromatic carbocycles. The molecule has 12 heavy (non-hydrogen) atoms. The molecule has 0 amide bonds. The molecular formula is C5H3ClN2O3S. The van der Waals surface area contributed by atoms with Crippen LogP contribution in [0.25, 0.3) is 0 Å². The number of aromatic nitrogens is 1. The zero-order valence-electron chi connectivity index (χ0n) is 5.91. The molecule has 0 bridgehead atoms. The zero-order valence-corrected chi connectivity index (χ0v) is 7.48. The quantitative estimate of drug-likeness (QED) is 0.634. The Morgan fingerprint density at radius 3 is 2.58 bits per heavy atom. The van der Waals surface area contributed by atoms with Gasteiger partial charge in [-0.3, -0.25) is 0 Å². The van der Waals surface area contributed by atoms with Crippen LogP contribution in [0.2, 0.25) is 0 Å². The Labute approximate surface area is 73.0 Å². The summed E-state index contributed by atoms with van der Waals surface area (Å²) in [5, 5.41) is 11.2. The minimum absolute atomic E-state index is 0.148. The molecule has 0 unspecified atom stereocenters. The van der Waals surface area contributed by atoms with Gasteiger partial charge in [0.15, 0.2) is 0 Å². The Kier molecular flexibility index (Phi) is 2.08. The van der Waals surface area contributed by atoms with Gasteiger partial charge >= 0.3 is 0 Å². The first-order chi connectivity index (χ1) is 5.46. The maximum atomic E-state index is 10.7. The van der Waals surface area contributed by atoms with Crippen LogP contribution in [0.4, 0.5) is 0 Å². The van der Waals surface area contributed by atoms with Crippen LogP contribution in [0.15, 0.2) is 9.62 Å². The highest BCUT2D eigenvalue weighted by Crippen LogP contribution is 2.21. The molecule has 7 heteroatoms. The molecule has 0 saturated heterocycles. The van der Waals surface area contributed by atoms with Crippen molar-refractivity contribution in [3.8, 4) is 6.07 Å². The average Bonchev–Trinajstić information content (AvgIpc) is 2.29. The second kappa shape index (κ2) is 2.77. The van der Waals surface area contributed by atoms with Gasteiger partial charge in [0.1, 0.15) is 11.6 Å². The van der Waals surface area contributed by atoms with E-state index in [1.807, 2.05) is 0 Å². The summed E-state index contributed by atoms with van der Waals surface area (Å²) in [5.41, 5.74) is 0.0572. The Bertz CT molecular complexity index is 442. The van der Waals surface area contributed by atoms with E-state index in [4.69, 9.17) is 15.9 Å². The van der Waals surface area contributed by atoms with E-state index in [9.17, 15) is 8.42 Å². The first-order valence-electron chi connectivity index (χ1n) is 2.78. The Morgan fingerprint density at radius 2 is 2.25 bits per heavy atom. The Morgan fingerprint density at radius 1 is 1.67 bits per heavy atom. The number of rotatable bonds is 1. The second-order valence-corrected chi connectivity index (χ2v) is 4.45. The number of hydrogen-bond acceptors (Lipinski definition) is 5. The van der Waals surface area contributed by atoms with Crippen molar-refractivity contribution in [1.82, 2.24) is 5.16 Å². The predicted molar refractivity (Wildman–Crippen MR) is 39.0 cm³/mol. The number of aryl methyl sites for hydroxylation is 1. The fourth-order valence-electron chi connectivity index (χ4n) is 0.642. The van der Waals surface area contributed by atoms with E-state index >= 15 is 0 Å². The van der Waals surface area contributed by atoms with Gasteiger partial charge in [-0.05, 0) is 6.92 Å². The number of halogens is 1. The van der Waals surface area contributed by atoms with E-state index in [2.05, 4.69) is 9.68 Å². The van der Waals surface area contributed by atoms with E-state index in [1.165, 1.54) is 6.92 Å². The van der Waals surface area contributed by atoms with Crippen LogP contribution in [0.5, 0.6) is 0 Å². The minimum Gasteiger partial charge on any atom is -0.342 e. The maximum absolute atomic E-state index is 10.7. The molecule has 0 saturated carbocycles. The number of nitriles is 1. The molecule has 0 fully saturated rings. The number of hydrogen-bond donors (Lipinski definition) is 0. The van der Waals surface area contributed by atoms with Crippen molar-refractivity contribution in [1.29, 1.82) is 5.26 Å². The van der Waals surface area contributed by atoms with Gasteiger partial charge in [-0.15, -0.1) is 0 Å². The van der Waals surface area contributed by atoms with Crippen molar-refractivity contribution in [3.63, 3.8) is 0 Å². The lowest BCUT2D eigenvalue weighted by Gasteiger charge is -1.85. The van der Waals surface area contributed by atoms with Crippen LogP contribution < -0.4 is 0 Å². The van der Waals surface area contributed by atoms with E-state index in [0.29, 0.717) is 0 Å². The standard InChI is InChI=1S/C5H3ClN2O3S/c1-3-4(2-7)5(11-8-3)12(6,9)10/h1H3. The van der Waals surface area contributed by atoms with Crippen molar-refractivity contribution in [3.05, 3.63) is 11.3 Å². The average molecular weight is 207 g/mol. The fourth-order valence-corrected chi connectivity index (χ4v) is 1.52. The van der Waals surface area contributed by atoms with Gasteiger partial charge in [0.25, 0.3) is 14.1 Å². The molecule has 0 aliphatic rings. The summed E-state index contributed by atoms with van der Waals surface area (Å²) < 4.78 is 25.8. The van der Waals surface area contributed by atoms with Crippen molar-refractivity contribution < 1.29 is 12.9 Å². The highest BCUT2D eigenvalue weighted by Gasteiger charge is 2.23. The van der Waals surface area contributed by atoms with Crippen molar-refractivity contribution in [2.75, 3.05) is 0 Å². The van der Waals surface area contributed by atoms with Gasteiger partial charge in [0.2, 0.25) is 0 Å². The van der Waals surface area contributed by atoms with Crippen LogP contribution in [0, 0.1) is 18.3 Å². The highest BCUT2D eigenvalue weighted by molar-refractivity contribution is 8.13. The van der Waals surface area contributed by atoms with Gasteiger partial charge in [-0.1, -0.05) is 5.16 Å². The van der Waals surface area contributed by atoms with E-state index in [0.717, 1.165) is 0 Å². The monoisotopic (exact) mass is 206 g/mol. The van der Waals surface area contributed by atoms with E-state index < -0.39 is 14.1 Å². The SMILES string of the molecule is Cc1noc(S(=O)(=O)Cl)c1C#N. The molecule has 0 atom stereocenters. The molecule has 1 heterocycles.